The number of benzene rings is 3. The number of nitrogens with zero attached hydrogens (tertiary/aromatic N) is 6. The lowest BCUT2D eigenvalue weighted by molar-refractivity contribution is -0.196. The Labute approximate surface area is 744 Å². The molecule has 127 heavy (non-hydrogen) atoms. The van der Waals surface area contributed by atoms with Crippen molar-refractivity contribution < 1.29 is 138 Å². The van der Waals surface area contributed by atoms with Crippen molar-refractivity contribution >= 4 is 59.3 Å². The Bertz CT molecular complexity index is 3890. The first kappa shape index (κ1) is 100. The molecule has 0 aromatic heterocycles. The van der Waals surface area contributed by atoms with Gasteiger partial charge >= 0.3 is 12.2 Å². The van der Waals surface area contributed by atoms with E-state index in [9.17, 15) is 33.6 Å². The Kier molecular flexibility index (Phi) is 41.5. The molecule has 4 saturated heterocycles. The van der Waals surface area contributed by atoms with E-state index >= 15 is 0 Å². The molecule has 3 aromatic rings. The molecular formula is C91H131N7O29. The lowest BCUT2D eigenvalue weighted by atomic mass is 10.1. The number of carbonyl (C=O) groups is 7. The second kappa shape index (κ2) is 52.6. The molecule has 6 atom stereocenters. The Balaban J connectivity index is 0.636. The second-order valence-corrected chi connectivity index (χ2v) is 33.1. The van der Waals surface area contributed by atoms with Crippen molar-refractivity contribution in [3.8, 4) is 23.0 Å². The smallest absolute Gasteiger partial charge is 0.417 e. The van der Waals surface area contributed by atoms with Gasteiger partial charge in [-0.3, -0.25) is 28.9 Å². The van der Waals surface area contributed by atoms with E-state index in [0.29, 0.717) is 227 Å². The minimum atomic E-state index is -1.05. The van der Waals surface area contributed by atoms with Crippen LogP contribution in [0.1, 0.15) is 156 Å². The van der Waals surface area contributed by atoms with Gasteiger partial charge in [0.2, 0.25) is 5.91 Å². The van der Waals surface area contributed by atoms with Crippen LogP contribution in [0.15, 0.2) is 84.1 Å². The summed E-state index contributed by atoms with van der Waals surface area (Å²) in [5.41, 5.74) is 2.23. The van der Waals surface area contributed by atoms with E-state index in [2.05, 4.69) is 23.6 Å². The first-order valence-electron chi connectivity index (χ1n) is 44.1. The molecule has 7 aliphatic rings. The summed E-state index contributed by atoms with van der Waals surface area (Å²) < 4.78 is 125. The summed E-state index contributed by atoms with van der Waals surface area (Å²) >= 11 is 0. The van der Waals surface area contributed by atoms with E-state index in [1.807, 2.05) is 18.2 Å². The van der Waals surface area contributed by atoms with Gasteiger partial charge < -0.3 is 119 Å². The van der Waals surface area contributed by atoms with Crippen molar-refractivity contribution in [2.75, 3.05) is 215 Å². The number of nitrogens with one attached hydrogen (secondary N) is 1. The van der Waals surface area contributed by atoms with Crippen molar-refractivity contribution in [1.82, 2.24) is 20.0 Å². The zero-order valence-electron chi connectivity index (χ0n) is 75.1. The molecular weight excluding hydrogens is 1660 g/mol. The standard InChI is InChI=1S/C91H131N7O29/c1-64-50-73-86(124-82-19-13-16-25-119-82)97(88(104)126-90(3,4)5)71-57-77(75(106-9)55-69(71)84(102)95(73)60-64)121-62-67-52-66(53-68(54-67)63-122-78-58-72-70(56-76(78)107-10)85(103)96-61-65(2)51-74(96)87(125-83-20-14-17-26-120-83)98(72)89(105)127-91(6,7)8)59-93-123-49-48-118-47-46-117-45-44-116-43-42-115-41-40-114-39-38-113-37-36-112-35-34-111-33-32-110-31-30-109-29-28-108-27-23-92-79(99)18-12-11-15-24-94-80(100)21-22-81(94)101/h21-22,52-59,73-74,82-83,86-87H,1-2,11-20,23-51,60-63H2,3-10H3,(H,92,99)/b93-59+/t73-,74-,82?,83?,86-,87-/m0/s1. The zero-order valence-corrected chi connectivity index (χ0v) is 75.1. The summed E-state index contributed by atoms with van der Waals surface area (Å²) in [4.78, 5) is 108. The number of imide groups is 1. The van der Waals surface area contributed by atoms with Gasteiger partial charge in [-0.2, -0.15) is 0 Å². The summed E-state index contributed by atoms with van der Waals surface area (Å²) in [5.74, 6) is -0.544. The summed E-state index contributed by atoms with van der Waals surface area (Å²) in [6.45, 7) is 29.9. The molecule has 3 aromatic carbocycles. The van der Waals surface area contributed by atoms with Crippen LogP contribution in [0, 0.1) is 0 Å². The molecule has 7 aliphatic heterocycles. The molecule has 0 spiro atoms. The van der Waals surface area contributed by atoms with Crippen molar-refractivity contribution in [1.29, 1.82) is 0 Å². The lowest BCUT2D eigenvalue weighted by Crippen LogP contribution is -2.54. The minimum Gasteiger partial charge on any atom is -0.493 e. The monoisotopic (exact) mass is 1790 g/mol. The average Bonchev–Trinajstić information content (AvgIpc) is 1.60. The summed E-state index contributed by atoms with van der Waals surface area (Å²) in [6.07, 6.45) is 6.98. The molecule has 1 N–H and O–H groups in total. The zero-order chi connectivity index (χ0) is 90.3. The van der Waals surface area contributed by atoms with Gasteiger partial charge in [-0.1, -0.05) is 35.9 Å². The number of oxime groups is 1. The van der Waals surface area contributed by atoms with E-state index < -0.39 is 60.5 Å². The number of hydrogen-bond acceptors (Lipinski definition) is 30. The van der Waals surface area contributed by atoms with Gasteiger partial charge in [-0.15, -0.1) is 0 Å². The van der Waals surface area contributed by atoms with Crippen LogP contribution in [0.5, 0.6) is 23.0 Å². The number of ether oxygens (including phenoxy) is 21. The van der Waals surface area contributed by atoms with Crippen LogP contribution in [0.3, 0.4) is 0 Å². The van der Waals surface area contributed by atoms with E-state index in [-0.39, 0.29) is 115 Å². The van der Waals surface area contributed by atoms with E-state index in [4.69, 9.17) is 104 Å². The molecule has 704 valence electrons. The first-order valence-corrected chi connectivity index (χ1v) is 44.1. The molecule has 2 unspecified atom stereocenters. The molecule has 0 saturated carbocycles. The van der Waals surface area contributed by atoms with Gasteiger partial charge in [0, 0.05) is 70.1 Å². The maximum absolute atomic E-state index is 14.9. The molecule has 36 nitrogen and oxygen atoms in total. The number of hydrogen-bond donors (Lipinski definition) is 1. The highest BCUT2D eigenvalue weighted by atomic mass is 16.7. The van der Waals surface area contributed by atoms with E-state index in [1.165, 1.54) is 41.1 Å². The van der Waals surface area contributed by atoms with Crippen LogP contribution >= 0.6 is 0 Å². The van der Waals surface area contributed by atoms with Gasteiger partial charge in [-0.25, -0.2) is 19.4 Å². The number of rotatable bonds is 56. The number of anilines is 2. The topological polar surface area (TPSA) is 363 Å². The average molecular weight is 1790 g/mol. The molecule has 36 heteroatoms. The molecule has 0 aliphatic carbocycles. The summed E-state index contributed by atoms with van der Waals surface area (Å²) in [5, 5.41) is 7.13. The fraction of sp³-hybridized carbons (Fsp3) is 0.648. The van der Waals surface area contributed by atoms with Crippen molar-refractivity contribution in [3.63, 3.8) is 0 Å². The third-order valence-electron chi connectivity index (χ3n) is 20.8. The largest absolute Gasteiger partial charge is 0.493 e. The highest BCUT2D eigenvalue weighted by Gasteiger charge is 2.52. The molecule has 0 radical (unpaired) electrons. The van der Waals surface area contributed by atoms with Crippen LogP contribution in [0.2, 0.25) is 0 Å². The SMILES string of the molecule is C=C1C[C@H]2[C@H](OC3CCCCO3)N(C(=O)OC(C)(C)C)c3cc(OCc4cc(/C=N/OCCOCCOCCOCCOCCOCCOCCOCCOCCOCCOCCOCCNC(=O)CCCCCN5C(=O)C=CC5=O)cc(COc5cc6c(cc5OC)C(=O)N5CC(=C)C[C@H]5[C@H](OC5CCCCO5)N6C(=O)OC(C)(C)C)c4)c(OC)cc3C(=O)N2C1. The highest BCUT2D eigenvalue weighted by molar-refractivity contribution is 6.13. The van der Waals surface area contributed by atoms with Crippen LogP contribution in [-0.4, -0.2) is 317 Å². The molecule has 7 heterocycles. The van der Waals surface area contributed by atoms with Crippen molar-refractivity contribution in [2.45, 2.75) is 180 Å². The molecule has 10 rings (SSSR count). The Morgan fingerprint density at radius 1 is 0.480 bits per heavy atom. The molecule has 7 amide bonds. The fourth-order valence-corrected chi connectivity index (χ4v) is 14.8. The van der Waals surface area contributed by atoms with Crippen molar-refractivity contribution in [2.24, 2.45) is 5.16 Å². The third-order valence-corrected chi connectivity index (χ3v) is 20.8. The van der Waals surface area contributed by atoms with E-state index in [0.717, 1.165) is 43.3 Å². The van der Waals surface area contributed by atoms with Crippen LogP contribution in [0.4, 0.5) is 21.0 Å². The Morgan fingerprint density at radius 3 is 1.24 bits per heavy atom. The second-order valence-electron chi connectivity index (χ2n) is 33.1. The number of methoxy groups -OCH3 is 2. The normalized spacial score (nSPS) is 19.5. The molecule has 4 fully saturated rings. The fourth-order valence-electron chi connectivity index (χ4n) is 14.8. The van der Waals surface area contributed by atoms with Crippen LogP contribution < -0.4 is 34.1 Å². The maximum Gasteiger partial charge on any atom is 0.417 e. The first-order chi connectivity index (χ1) is 61.4. The van der Waals surface area contributed by atoms with Crippen LogP contribution in [0.25, 0.3) is 0 Å². The minimum absolute atomic E-state index is 0.0608. The van der Waals surface area contributed by atoms with Gasteiger partial charge in [0.15, 0.2) is 48.0 Å². The quantitative estimate of drug-likeness (QED) is 0.0180. The molecule has 0 bridgehead atoms. The summed E-state index contributed by atoms with van der Waals surface area (Å²) in [6, 6.07) is 10.6. The van der Waals surface area contributed by atoms with Gasteiger partial charge in [-0.05, 0) is 153 Å². The van der Waals surface area contributed by atoms with Crippen molar-refractivity contribution in [3.05, 3.63) is 107 Å². The van der Waals surface area contributed by atoms with E-state index in [1.54, 1.807) is 81.8 Å². The number of carbonyl (C=O) groups excluding carboxylic acids is 7. The number of fused-ring (bicyclic) bond motifs is 4. The van der Waals surface area contributed by atoms with Gasteiger partial charge in [0.05, 0.1) is 200 Å². The predicted octanol–water partition coefficient (Wildman–Crippen LogP) is 9.79. The van der Waals surface area contributed by atoms with Gasteiger partial charge in [0.25, 0.3) is 23.6 Å². The van der Waals surface area contributed by atoms with Gasteiger partial charge in [0.1, 0.15) is 31.0 Å². The van der Waals surface area contributed by atoms with Crippen LogP contribution in [-0.2, 0) is 113 Å². The predicted molar refractivity (Wildman–Crippen MR) is 463 cm³/mol. The Morgan fingerprint density at radius 2 is 0.866 bits per heavy atom. The third kappa shape index (κ3) is 32.6. The lowest BCUT2D eigenvalue weighted by Gasteiger charge is -2.39. The number of amides is 7. The maximum atomic E-state index is 14.9. The highest BCUT2D eigenvalue weighted by Crippen LogP contribution is 2.46. The Hall–Kier alpha value is -8.96. The summed E-state index contributed by atoms with van der Waals surface area (Å²) in [7, 11) is 2.93. The number of unbranched alkanes of at least 4 members (excludes halogenated alkanes) is 2.